The minimum Gasteiger partial charge on any atom is -0.392 e. The number of nitrogens with two attached hydrogens (primary N) is 1. The molecule has 4 N–H and O–H groups in total. The molecule has 4 nitrogen and oxygen atoms in total. The molecule has 0 bridgehead atoms. The summed E-state index contributed by atoms with van der Waals surface area (Å²) >= 11 is 0. The first-order valence-electron chi connectivity index (χ1n) is 7.09. The van der Waals surface area contributed by atoms with Crippen LogP contribution in [0.15, 0.2) is 23.2 Å². The maximum Gasteiger partial charge on any atom is 0.188 e. The van der Waals surface area contributed by atoms with Gasteiger partial charge in [-0.15, -0.1) is 24.0 Å². The Morgan fingerprint density at radius 2 is 2.10 bits per heavy atom. The van der Waals surface area contributed by atoms with Gasteiger partial charge in [0, 0.05) is 12.1 Å². The molecule has 0 amide bonds. The number of hydrogen-bond acceptors (Lipinski definition) is 2. The van der Waals surface area contributed by atoms with E-state index in [4.69, 9.17) is 10.8 Å². The van der Waals surface area contributed by atoms with Crippen molar-refractivity contribution in [1.82, 2.24) is 5.32 Å². The molecule has 0 saturated heterocycles. The summed E-state index contributed by atoms with van der Waals surface area (Å²) in [6.45, 7) is 3.06. The van der Waals surface area contributed by atoms with Crippen molar-refractivity contribution in [3.63, 3.8) is 0 Å². The van der Waals surface area contributed by atoms with E-state index in [-0.39, 0.29) is 36.1 Å². The fraction of sp³-hybridized carbons (Fsp3) is 0.533. The van der Waals surface area contributed by atoms with Gasteiger partial charge in [0.05, 0.1) is 13.2 Å². The normalized spacial score (nSPS) is 11.1. The van der Waals surface area contributed by atoms with Crippen LogP contribution >= 0.6 is 24.0 Å². The van der Waals surface area contributed by atoms with E-state index in [1.54, 1.807) is 12.1 Å². The van der Waals surface area contributed by atoms with E-state index in [1.807, 2.05) is 0 Å². The first-order valence-corrected chi connectivity index (χ1v) is 7.09. The van der Waals surface area contributed by atoms with Gasteiger partial charge in [0.25, 0.3) is 0 Å². The van der Waals surface area contributed by atoms with E-state index >= 15 is 0 Å². The highest BCUT2D eigenvalue weighted by molar-refractivity contribution is 14.0. The molecule has 0 spiro atoms. The highest BCUT2D eigenvalue weighted by Gasteiger charge is 2.02. The predicted octanol–water partition coefficient (Wildman–Crippen LogP) is 2.92. The fourth-order valence-electron chi connectivity index (χ4n) is 1.85. The number of halogens is 2. The summed E-state index contributed by atoms with van der Waals surface area (Å²) in [6, 6.07) is 4.59. The highest BCUT2D eigenvalue weighted by Crippen LogP contribution is 2.11. The summed E-state index contributed by atoms with van der Waals surface area (Å²) in [6.07, 6.45) is 4.71. The van der Waals surface area contributed by atoms with Crippen LogP contribution in [0.3, 0.4) is 0 Å². The minimum absolute atomic E-state index is 0. The molecule has 1 aromatic carbocycles. The highest BCUT2D eigenvalue weighted by atomic mass is 127. The van der Waals surface area contributed by atoms with Crippen molar-refractivity contribution in [2.75, 3.05) is 6.54 Å². The number of aliphatic hydroxyl groups excluding tert-OH is 1. The number of guanidine groups is 1. The molecule has 0 heterocycles. The first-order chi connectivity index (χ1) is 9.67. The van der Waals surface area contributed by atoms with Crippen LogP contribution in [0.2, 0.25) is 0 Å². The Balaban J connectivity index is 0.00000400. The quantitative estimate of drug-likeness (QED) is 0.268. The maximum atomic E-state index is 13.2. The van der Waals surface area contributed by atoms with Gasteiger partial charge in [0.1, 0.15) is 5.82 Å². The average molecular weight is 409 g/mol. The summed E-state index contributed by atoms with van der Waals surface area (Å²) in [5, 5.41) is 12.1. The van der Waals surface area contributed by atoms with Gasteiger partial charge in [-0.25, -0.2) is 9.38 Å². The largest absolute Gasteiger partial charge is 0.392 e. The summed E-state index contributed by atoms with van der Waals surface area (Å²) < 4.78 is 13.2. The molecule has 0 aromatic heterocycles. The number of rotatable bonds is 8. The lowest BCUT2D eigenvalue weighted by atomic mass is 10.1. The van der Waals surface area contributed by atoms with Gasteiger partial charge >= 0.3 is 0 Å². The third-order valence-electron chi connectivity index (χ3n) is 3.05. The Bertz CT molecular complexity index is 441. The van der Waals surface area contributed by atoms with Gasteiger partial charge in [-0.05, 0) is 24.1 Å². The lowest BCUT2D eigenvalue weighted by molar-refractivity contribution is 0.275. The molecule has 0 saturated carbocycles. The molecule has 0 fully saturated rings. The van der Waals surface area contributed by atoms with Crippen LogP contribution in [0.1, 0.15) is 43.7 Å². The van der Waals surface area contributed by atoms with E-state index in [0.717, 1.165) is 18.5 Å². The predicted molar refractivity (Wildman–Crippen MR) is 95.2 cm³/mol. The van der Waals surface area contributed by atoms with Crippen molar-refractivity contribution in [3.8, 4) is 0 Å². The minimum atomic E-state index is -0.401. The van der Waals surface area contributed by atoms with Gasteiger partial charge in [-0.2, -0.15) is 0 Å². The average Bonchev–Trinajstić information content (AvgIpc) is 2.46. The number of aliphatic imine (C=N–C) groups is 1. The van der Waals surface area contributed by atoms with Crippen LogP contribution < -0.4 is 11.1 Å². The second-order valence-corrected chi connectivity index (χ2v) is 4.77. The number of nitrogens with one attached hydrogen (secondary N) is 1. The fourth-order valence-corrected chi connectivity index (χ4v) is 1.85. The Hall–Kier alpha value is -0.890. The third-order valence-corrected chi connectivity index (χ3v) is 3.05. The van der Waals surface area contributed by atoms with E-state index in [0.29, 0.717) is 12.5 Å². The standard InChI is InChI=1S/C15H24FN3O.HI/c1-2-3-4-5-8-18-15(17)19-10-12-6-7-14(16)13(9-12)11-20;/h6-7,9,20H,2-5,8,10-11H2,1H3,(H3,17,18,19);1H. The lowest BCUT2D eigenvalue weighted by Crippen LogP contribution is -2.32. The van der Waals surface area contributed by atoms with Crippen molar-refractivity contribution >= 4 is 29.9 Å². The van der Waals surface area contributed by atoms with Gasteiger partial charge in [-0.1, -0.05) is 32.3 Å². The summed E-state index contributed by atoms with van der Waals surface area (Å²) in [5.74, 6) is -0.00128. The molecule has 0 unspecified atom stereocenters. The summed E-state index contributed by atoms with van der Waals surface area (Å²) in [5.41, 5.74) is 6.86. The molecule has 1 aromatic rings. The number of unbranched alkanes of at least 4 members (excludes halogenated alkanes) is 3. The zero-order chi connectivity index (χ0) is 14.8. The third kappa shape index (κ3) is 8.21. The van der Waals surface area contributed by atoms with Crippen molar-refractivity contribution in [3.05, 3.63) is 35.1 Å². The molecule has 6 heteroatoms. The van der Waals surface area contributed by atoms with Crippen LogP contribution in [0.4, 0.5) is 4.39 Å². The molecular weight excluding hydrogens is 384 g/mol. The smallest absolute Gasteiger partial charge is 0.188 e. The molecule has 1 rings (SSSR count). The Morgan fingerprint density at radius 1 is 1.33 bits per heavy atom. The second kappa shape index (κ2) is 11.7. The van der Waals surface area contributed by atoms with E-state index < -0.39 is 5.82 Å². The SMILES string of the molecule is CCCCCCNC(N)=NCc1ccc(F)c(CO)c1.I. The molecule has 0 aliphatic carbocycles. The molecule has 0 aliphatic heterocycles. The summed E-state index contributed by atoms with van der Waals surface area (Å²) in [7, 11) is 0. The molecule has 0 radical (unpaired) electrons. The first kappa shape index (κ1) is 20.1. The second-order valence-electron chi connectivity index (χ2n) is 4.77. The summed E-state index contributed by atoms with van der Waals surface area (Å²) in [4.78, 5) is 4.20. The van der Waals surface area contributed by atoms with E-state index in [2.05, 4.69) is 17.2 Å². The Labute approximate surface area is 143 Å². The number of benzene rings is 1. The van der Waals surface area contributed by atoms with Crippen LogP contribution in [0.25, 0.3) is 0 Å². The molecule has 21 heavy (non-hydrogen) atoms. The van der Waals surface area contributed by atoms with Crippen molar-refractivity contribution < 1.29 is 9.50 Å². The number of aliphatic hydroxyl groups is 1. The van der Waals surface area contributed by atoms with Gasteiger partial charge in [-0.3, -0.25) is 0 Å². The van der Waals surface area contributed by atoms with Crippen LogP contribution in [0.5, 0.6) is 0 Å². The molecule has 0 atom stereocenters. The topological polar surface area (TPSA) is 70.6 Å². The lowest BCUT2D eigenvalue weighted by Gasteiger charge is -2.06. The van der Waals surface area contributed by atoms with E-state index in [1.165, 1.54) is 25.3 Å². The zero-order valence-corrected chi connectivity index (χ0v) is 14.8. The van der Waals surface area contributed by atoms with E-state index in [9.17, 15) is 4.39 Å². The number of hydrogen-bond donors (Lipinski definition) is 3. The number of nitrogens with zero attached hydrogens (tertiary/aromatic N) is 1. The van der Waals surface area contributed by atoms with Crippen molar-refractivity contribution in [1.29, 1.82) is 0 Å². The van der Waals surface area contributed by atoms with Crippen LogP contribution in [-0.2, 0) is 13.2 Å². The van der Waals surface area contributed by atoms with Crippen LogP contribution in [0, 0.1) is 5.82 Å². The van der Waals surface area contributed by atoms with Gasteiger partial charge < -0.3 is 16.2 Å². The molecule has 0 aliphatic rings. The maximum absolute atomic E-state index is 13.2. The van der Waals surface area contributed by atoms with Crippen molar-refractivity contribution in [2.24, 2.45) is 10.7 Å². The van der Waals surface area contributed by atoms with Crippen LogP contribution in [-0.4, -0.2) is 17.6 Å². The zero-order valence-electron chi connectivity index (χ0n) is 12.4. The Morgan fingerprint density at radius 3 is 2.76 bits per heavy atom. The van der Waals surface area contributed by atoms with Gasteiger partial charge in [0.15, 0.2) is 5.96 Å². The van der Waals surface area contributed by atoms with Gasteiger partial charge in [0.2, 0.25) is 0 Å². The molecule has 120 valence electrons. The Kier molecular flexibility index (Phi) is 11.2. The van der Waals surface area contributed by atoms with Crippen molar-refractivity contribution in [2.45, 2.75) is 45.8 Å². The molecular formula is C15H25FIN3O. The monoisotopic (exact) mass is 409 g/mol.